The van der Waals surface area contributed by atoms with Crippen molar-refractivity contribution in [2.24, 2.45) is 0 Å². The summed E-state index contributed by atoms with van der Waals surface area (Å²) in [4.78, 5) is 1.25. The minimum Gasteiger partial charge on any atom is -0.508 e. The van der Waals surface area contributed by atoms with Crippen molar-refractivity contribution in [2.75, 3.05) is 5.75 Å². The highest BCUT2D eigenvalue weighted by Crippen LogP contribution is 2.33. The number of phenolic OH excluding ortho intramolecular Hbond substituents is 1. The van der Waals surface area contributed by atoms with Gasteiger partial charge in [0.25, 0.3) is 0 Å². The zero-order valence-corrected chi connectivity index (χ0v) is 9.39. The Labute approximate surface area is 94.1 Å². The number of aromatic hydroxyl groups is 1. The summed E-state index contributed by atoms with van der Waals surface area (Å²) in [6.45, 7) is 0. The Balaban J connectivity index is 1.74. The van der Waals surface area contributed by atoms with E-state index in [1.807, 2.05) is 17.8 Å². The SMILES string of the molecule is Oc1ccc2c(c1)SCC(NC1CC1)C2. The first-order valence-corrected chi connectivity index (χ1v) is 6.50. The molecule has 2 N–H and O–H groups in total. The molecule has 0 aromatic heterocycles. The van der Waals surface area contributed by atoms with Crippen LogP contribution in [0, 0.1) is 0 Å². The zero-order valence-electron chi connectivity index (χ0n) is 8.57. The molecule has 1 aliphatic heterocycles. The van der Waals surface area contributed by atoms with Gasteiger partial charge < -0.3 is 10.4 Å². The second-order valence-corrected chi connectivity index (χ2v) is 5.51. The molecular weight excluding hydrogens is 206 g/mol. The fraction of sp³-hybridized carbons (Fsp3) is 0.500. The van der Waals surface area contributed by atoms with E-state index in [9.17, 15) is 5.11 Å². The summed E-state index contributed by atoms with van der Waals surface area (Å²) >= 11 is 1.86. The first-order chi connectivity index (χ1) is 7.31. The third kappa shape index (κ3) is 2.13. The molecule has 0 saturated heterocycles. The minimum atomic E-state index is 0.384. The molecule has 0 bridgehead atoms. The van der Waals surface area contributed by atoms with Crippen LogP contribution < -0.4 is 5.32 Å². The van der Waals surface area contributed by atoms with Gasteiger partial charge in [-0.3, -0.25) is 0 Å². The van der Waals surface area contributed by atoms with Gasteiger partial charge in [-0.15, -0.1) is 11.8 Å². The van der Waals surface area contributed by atoms with Crippen LogP contribution in [0.2, 0.25) is 0 Å². The van der Waals surface area contributed by atoms with Crippen LogP contribution >= 0.6 is 11.8 Å². The summed E-state index contributed by atoms with van der Waals surface area (Å²) in [5.74, 6) is 1.52. The molecular formula is C12H15NOS. The Kier molecular flexibility index (Phi) is 2.37. The highest BCUT2D eigenvalue weighted by Gasteiger charge is 2.27. The Morgan fingerprint density at radius 3 is 2.93 bits per heavy atom. The van der Waals surface area contributed by atoms with Gasteiger partial charge in [0.15, 0.2) is 0 Å². The van der Waals surface area contributed by atoms with E-state index in [2.05, 4.69) is 11.4 Å². The molecule has 3 rings (SSSR count). The molecule has 1 heterocycles. The first kappa shape index (κ1) is 9.55. The van der Waals surface area contributed by atoms with Crippen molar-refractivity contribution >= 4 is 11.8 Å². The maximum atomic E-state index is 9.38. The normalized spacial score (nSPS) is 24.9. The molecule has 1 aliphatic carbocycles. The molecule has 1 saturated carbocycles. The molecule has 3 heteroatoms. The van der Waals surface area contributed by atoms with E-state index in [-0.39, 0.29) is 0 Å². The second kappa shape index (κ2) is 3.72. The molecule has 1 aromatic rings. The second-order valence-electron chi connectivity index (χ2n) is 4.45. The van der Waals surface area contributed by atoms with Gasteiger partial charge in [-0.25, -0.2) is 0 Å². The number of benzene rings is 1. The van der Waals surface area contributed by atoms with Crippen molar-refractivity contribution in [1.82, 2.24) is 5.32 Å². The van der Waals surface area contributed by atoms with E-state index in [4.69, 9.17) is 0 Å². The molecule has 2 nitrogen and oxygen atoms in total. The smallest absolute Gasteiger partial charge is 0.116 e. The summed E-state index contributed by atoms with van der Waals surface area (Å²) in [6, 6.07) is 7.14. The minimum absolute atomic E-state index is 0.384. The maximum absolute atomic E-state index is 9.38. The van der Waals surface area contributed by atoms with Crippen LogP contribution in [0.25, 0.3) is 0 Å². The summed E-state index contributed by atoms with van der Waals surface area (Å²) < 4.78 is 0. The van der Waals surface area contributed by atoms with Crippen molar-refractivity contribution in [1.29, 1.82) is 0 Å². The molecule has 0 amide bonds. The third-order valence-electron chi connectivity index (χ3n) is 3.01. The van der Waals surface area contributed by atoms with Gasteiger partial charge in [-0.05, 0) is 37.0 Å². The van der Waals surface area contributed by atoms with Crippen LogP contribution in [0.4, 0.5) is 0 Å². The lowest BCUT2D eigenvalue weighted by molar-refractivity contribution is 0.472. The van der Waals surface area contributed by atoms with Crippen LogP contribution in [0.15, 0.2) is 23.1 Å². The average Bonchev–Trinajstić information content (AvgIpc) is 3.02. The molecule has 1 aromatic carbocycles. The van der Waals surface area contributed by atoms with Crippen LogP contribution in [0.5, 0.6) is 5.75 Å². The molecule has 2 aliphatic rings. The predicted molar refractivity (Wildman–Crippen MR) is 62.5 cm³/mol. The number of thioether (sulfide) groups is 1. The Morgan fingerprint density at radius 2 is 2.13 bits per heavy atom. The monoisotopic (exact) mass is 221 g/mol. The quantitative estimate of drug-likeness (QED) is 0.802. The predicted octanol–water partition coefficient (Wildman–Crippen LogP) is 2.16. The van der Waals surface area contributed by atoms with Crippen LogP contribution in [0.3, 0.4) is 0 Å². The lowest BCUT2D eigenvalue weighted by Gasteiger charge is -2.25. The highest BCUT2D eigenvalue weighted by molar-refractivity contribution is 7.99. The largest absolute Gasteiger partial charge is 0.508 e. The van der Waals surface area contributed by atoms with Crippen molar-refractivity contribution in [3.05, 3.63) is 23.8 Å². The van der Waals surface area contributed by atoms with Gasteiger partial charge in [-0.2, -0.15) is 0 Å². The highest BCUT2D eigenvalue weighted by atomic mass is 32.2. The third-order valence-corrected chi connectivity index (χ3v) is 4.27. The summed E-state index contributed by atoms with van der Waals surface area (Å²) in [6.07, 6.45) is 3.81. The van der Waals surface area contributed by atoms with Gasteiger partial charge in [0.1, 0.15) is 5.75 Å². The topological polar surface area (TPSA) is 32.3 Å². The van der Waals surface area contributed by atoms with Gasteiger partial charge in [-0.1, -0.05) is 6.07 Å². The molecule has 0 radical (unpaired) electrons. The van der Waals surface area contributed by atoms with Gasteiger partial charge in [0, 0.05) is 22.7 Å². The molecule has 80 valence electrons. The number of phenols is 1. The molecule has 1 atom stereocenters. The maximum Gasteiger partial charge on any atom is 0.116 e. The Bertz CT molecular complexity index is 376. The number of nitrogens with one attached hydrogen (secondary N) is 1. The summed E-state index contributed by atoms with van der Waals surface area (Å²) in [5.41, 5.74) is 1.38. The summed E-state index contributed by atoms with van der Waals surface area (Å²) in [7, 11) is 0. The van der Waals surface area contributed by atoms with Gasteiger partial charge in [0.2, 0.25) is 0 Å². The first-order valence-electron chi connectivity index (χ1n) is 5.52. The lowest BCUT2D eigenvalue weighted by Crippen LogP contribution is -2.36. The summed E-state index contributed by atoms with van der Waals surface area (Å²) in [5, 5.41) is 13.0. The fourth-order valence-electron chi connectivity index (χ4n) is 2.05. The van der Waals surface area contributed by atoms with E-state index in [1.54, 1.807) is 6.07 Å². The van der Waals surface area contributed by atoms with E-state index >= 15 is 0 Å². The number of fused-ring (bicyclic) bond motifs is 1. The standard InChI is InChI=1S/C12H15NOS/c14-11-4-1-8-5-10(13-9-2-3-9)7-15-12(8)6-11/h1,4,6,9-10,13-14H,2-3,5,7H2. The molecule has 1 unspecified atom stereocenters. The number of hydrogen-bond acceptors (Lipinski definition) is 3. The molecule has 0 spiro atoms. The Hall–Kier alpha value is -0.670. The average molecular weight is 221 g/mol. The zero-order chi connectivity index (χ0) is 10.3. The van der Waals surface area contributed by atoms with Crippen molar-refractivity contribution in [2.45, 2.75) is 36.2 Å². The van der Waals surface area contributed by atoms with Crippen LogP contribution in [0.1, 0.15) is 18.4 Å². The van der Waals surface area contributed by atoms with E-state index in [0.29, 0.717) is 11.8 Å². The molecule has 15 heavy (non-hydrogen) atoms. The van der Waals surface area contributed by atoms with E-state index < -0.39 is 0 Å². The van der Waals surface area contributed by atoms with Gasteiger partial charge in [0.05, 0.1) is 0 Å². The van der Waals surface area contributed by atoms with Crippen molar-refractivity contribution in [3.8, 4) is 5.75 Å². The van der Waals surface area contributed by atoms with Gasteiger partial charge >= 0.3 is 0 Å². The Morgan fingerprint density at radius 1 is 1.27 bits per heavy atom. The number of rotatable bonds is 2. The van der Waals surface area contributed by atoms with E-state index in [0.717, 1.165) is 18.2 Å². The number of hydrogen-bond donors (Lipinski definition) is 2. The lowest BCUT2D eigenvalue weighted by atomic mass is 10.1. The fourth-order valence-corrected chi connectivity index (χ4v) is 3.19. The van der Waals surface area contributed by atoms with Crippen LogP contribution in [-0.4, -0.2) is 22.9 Å². The van der Waals surface area contributed by atoms with Crippen LogP contribution in [-0.2, 0) is 6.42 Å². The van der Waals surface area contributed by atoms with Crippen molar-refractivity contribution in [3.63, 3.8) is 0 Å². The van der Waals surface area contributed by atoms with Crippen molar-refractivity contribution < 1.29 is 5.11 Å². The molecule has 1 fully saturated rings. The van der Waals surface area contributed by atoms with E-state index in [1.165, 1.54) is 23.3 Å².